The molecule has 1 aliphatic rings. The molecule has 0 radical (unpaired) electrons. The van der Waals surface area contributed by atoms with Crippen molar-refractivity contribution < 1.29 is 22.7 Å². The second-order valence-electron chi connectivity index (χ2n) is 7.97. The molecule has 2 aromatic rings. The SMILES string of the molecule is CC(=O)Nc1ccc(S(=O)(=O)N[C@@H](C)C(=O)NCc2cccc(CN3CCOCC3)c2)cc1. The average molecular weight is 475 g/mol. The zero-order valence-corrected chi connectivity index (χ0v) is 19.7. The van der Waals surface area contributed by atoms with E-state index in [2.05, 4.69) is 26.3 Å². The van der Waals surface area contributed by atoms with Gasteiger partial charge in [-0.3, -0.25) is 14.5 Å². The highest BCUT2D eigenvalue weighted by Crippen LogP contribution is 2.15. The van der Waals surface area contributed by atoms with Crippen LogP contribution in [0.5, 0.6) is 0 Å². The maximum atomic E-state index is 12.6. The molecule has 0 unspecified atom stereocenters. The Hall–Kier alpha value is -2.79. The maximum absolute atomic E-state index is 12.6. The lowest BCUT2D eigenvalue weighted by Crippen LogP contribution is -2.44. The van der Waals surface area contributed by atoms with Crippen molar-refractivity contribution in [2.24, 2.45) is 0 Å². The van der Waals surface area contributed by atoms with E-state index in [4.69, 9.17) is 4.74 Å². The minimum Gasteiger partial charge on any atom is -0.379 e. The Labute approximate surface area is 194 Å². The first-order valence-corrected chi connectivity index (χ1v) is 12.3. The van der Waals surface area contributed by atoms with E-state index in [1.54, 1.807) is 0 Å². The Balaban J connectivity index is 1.52. The highest BCUT2D eigenvalue weighted by molar-refractivity contribution is 7.89. The van der Waals surface area contributed by atoms with Crippen molar-refractivity contribution in [3.05, 3.63) is 59.7 Å². The number of nitrogens with one attached hydrogen (secondary N) is 3. The van der Waals surface area contributed by atoms with Crippen molar-refractivity contribution in [1.29, 1.82) is 0 Å². The van der Waals surface area contributed by atoms with Crippen LogP contribution < -0.4 is 15.4 Å². The van der Waals surface area contributed by atoms with Crippen LogP contribution in [0.25, 0.3) is 0 Å². The van der Waals surface area contributed by atoms with E-state index in [1.807, 2.05) is 18.2 Å². The van der Waals surface area contributed by atoms with Gasteiger partial charge in [-0.1, -0.05) is 24.3 Å². The van der Waals surface area contributed by atoms with Gasteiger partial charge >= 0.3 is 0 Å². The summed E-state index contributed by atoms with van der Waals surface area (Å²) in [6, 6.07) is 12.7. The van der Waals surface area contributed by atoms with Crippen LogP contribution in [0.15, 0.2) is 53.4 Å². The molecule has 10 heteroatoms. The first-order chi connectivity index (χ1) is 15.7. The van der Waals surface area contributed by atoms with Gasteiger partial charge in [-0.25, -0.2) is 8.42 Å². The van der Waals surface area contributed by atoms with Crippen LogP contribution in [-0.4, -0.2) is 57.5 Å². The number of nitrogens with zero attached hydrogens (tertiary/aromatic N) is 1. The highest BCUT2D eigenvalue weighted by Gasteiger charge is 2.22. The molecule has 0 spiro atoms. The van der Waals surface area contributed by atoms with Gasteiger partial charge in [0.15, 0.2) is 0 Å². The molecule has 33 heavy (non-hydrogen) atoms. The van der Waals surface area contributed by atoms with E-state index in [0.29, 0.717) is 12.2 Å². The molecule has 3 N–H and O–H groups in total. The van der Waals surface area contributed by atoms with E-state index in [1.165, 1.54) is 38.1 Å². The molecule has 0 aliphatic carbocycles. The summed E-state index contributed by atoms with van der Waals surface area (Å²) >= 11 is 0. The Kier molecular flexibility index (Phi) is 8.56. The summed E-state index contributed by atoms with van der Waals surface area (Å²) in [5.74, 6) is -0.673. The third-order valence-corrected chi connectivity index (χ3v) is 6.73. The van der Waals surface area contributed by atoms with Gasteiger partial charge in [0, 0.05) is 38.8 Å². The Bertz CT molecular complexity index is 1070. The Morgan fingerprint density at radius 1 is 1.06 bits per heavy atom. The first-order valence-electron chi connectivity index (χ1n) is 10.8. The summed E-state index contributed by atoms with van der Waals surface area (Å²) in [6.45, 7) is 7.25. The maximum Gasteiger partial charge on any atom is 0.241 e. The van der Waals surface area contributed by atoms with Crippen LogP contribution in [0.2, 0.25) is 0 Å². The summed E-state index contributed by atoms with van der Waals surface area (Å²) in [5.41, 5.74) is 2.58. The van der Waals surface area contributed by atoms with Crippen LogP contribution in [0.1, 0.15) is 25.0 Å². The summed E-state index contributed by atoms with van der Waals surface area (Å²) in [4.78, 5) is 25.9. The Morgan fingerprint density at radius 3 is 2.39 bits per heavy atom. The van der Waals surface area contributed by atoms with E-state index < -0.39 is 22.0 Å². The van der Waals surface area contributed by atoms with E-state index in [9.17, 15) is 18.0 Å². The molecule has 178 valence electrons. The molecule has 1 atom stereocenters. The van der Waals surface area contributed by atoms with Crippen molar-refractivity contribution in [2.45, 2.75) is 37.9 Å². The van der Waals surface area contributed by atoms with Crippen LogP contribution in [-0.2, 0) is 37.4 Å². The van der Waals surface area contributed by atoms with Crippen LogP contribution in [0, 0.1) is 0 Å². The minimum absolute atomic E-state index is 0.00654. The molecule has 0 aromatic heterocycles. The molecule has 2 amide bonds. The molecule has 0 saturated carbocycles. The molecule has 2 aromatic carbocycles. The van der Waals surface area contributed by atoms with Crippen molar-refractivity contribution in [2.75, 3.05) is 31.6 Å². The molecule has 1 fully saturated rings. The highest BCUT2D eigenvalue weighted by atomic mass is 32.2. The second kappa shape index (κ2) is 11.4. The predicted molar refractivity (Wildman–Crippen MR) is 125 cm³/mol. The number of rotatable bonds is 9. The summed E-state index contributed by atoms with van der Waals surface area (Å²) < 4.78 is 33.0. The number of benzene rings is 2. The number of carbonyl (C=O) groups is 2. The van der Waals surface area contributed by atoms with Gasteiger partial charge in [0.1, 0.15) is 0 Å². The van der Waals surface area contributed by atoms with Crippen LogP contribution >= 0.6 is 0 Å². The number of sulfonamides is 1. The summed E-state index contributed by atoms with van der Waals surface area (Å²) in [5, 5.41) is 5.36. The number of amides is 2. The molecule has 1 heterocycles. The van der Waals surface area contributed by atoms with Gasteiger partial charge < -0.3 is 15.4 Å². The molecule has 1 saturated heterocycles. The zero-order valence-electron chi connectivity index (χ0n) is 18.8. The van der Waals surface area contributed by atoms with Crippen molar-refractivity contribution in [3.63, 3.8) is 0 Å². The van der Waals surface area contributed by atoms with Crippen molar-refractivity contribution >= 4 is 27.5 Å². The van der Waals surface area contributed by atoms with Gasteiger partial charge in [-0.05, 0) is 42.3 Å². The van der Waals surface area contributed by atoms with E-state index >= 15 is 0 Å². The molecular formula is C23H30N4O5S. The largest absolute Gasteiger partial charge is 0.379 e. The van der Waals surface area contributed by atoms with Gasteiger partial charge in [0.05, 0.1) is 24.2 Å². The fourth-order valence-corrected chi connectivity index (χ4v) is 4.68. The minimum atomic E-state index is -3.90. The molecule has 1 aliphatic heterocycles. The van der Waals surface area contributed by atoms with Crippen LogP contribution in [0.3, 0.4) is 0 Å². The third kappa shape index (κ3) is 7.64. The zero-order chi connectivity index (χ0) is 23.8. The fraction of sp³-hybridized carbons (Fsp3) is 0.391. The predicted octanol–water partition coefficient (Wildman–Crippen LogP) is 1.46. The third-order valence-electron chi connectivity index (χ3n) is 5.18. The van der Waals surface area contributed by atoms with Gasteiger partial charge in [-0.15, -0.1) is 0 Å². The van der Waals surface area contributed by atoms with E-state index in [-0.39, 0.29) is 10.8 Å². The van der Waals surface area contributed by atoms with E-state index in [0.717, 1.165) is 44.0 Å². The molecule has 0 bridgehead atoms. The van der Waals surface area contributed by atoms with Gasteiger partial charge in [0.25, 0.3) is 0 Å². The molecule has 3 rings (SSSR count). The molecule has 9 nitrogen and oxygen atoms in total. The summed E-state index contributed by atoms with van der Waals surface area (Å²) in [6.07, 6.45) is 0. The monoisotopic (exact) mass is 474 g/mol. The number of hydrogen-bond donors (Lipinski definition) is 3. The first kappa shape index (κ1) is 24.8. The Morgan fingerprint density at radius 2 is 1.73 bits per heavy atom. The molecular weight excluding hydrogens is 444 g/mol. The smallest absolute Gasteiger partial charge is 0.241 e. The standard InChI is InChI=1S/C23H30N4O5S/c1-17(26-33(30,31)22-8-6-21(7-9-22)25-18(2)28)23(29)24-15-19-4-3-5-20(14-19)16-27-10-12-32-13-11-27/h3-9,14,17,26H,10-13,15-16H2,1-2H3,(H,24,29)(H,25,28)/t17-/m0/s1. The van der Waals surface area contributed by atoms with Gasteiger partial charge in [-0.2, -0.15) is 4.72 Å². The number of hydrogen-bond acceptors (Lipinski definition) is 6. The lowest BCUT2D eigenvalue weighted by Gasteiger charge is -2.26. The van der Waals surface area contributed by atoms with Crippen molar-refractivity contribution in [3.8, 4) is 0 Å². The van der Waals surface area contributed by atoms with Gasteiger partial charge in [0.2, 0.25) is 21.8 Å². The fourth-order valence-electron chi connectivity index (χ4n) is 3.47. The number of anilines is 1. The lowest BCUT2D eigenvalue weighted by atomic mass is 10.1. The average Bonchev–Trinajstić information content (AvgIpc) is 2.78. The number of ether oxygens (including phenoxy) is 1. The van der Waals surface area contributed by atoms with Crippen LogP contribution in [0.4, 0.5) is 5.69 Å². The number of carbonyl (C=O) groups excluding carboxylic acids is 2. The van der Waals surface area contributed by atoms with Crippen molar-refractivity contribution in [1.82, 2.24) is 14.9 Å². The summed E-state index contributed by atoms with van der Waals surface area (Å²) in [7, 11) is -3.90. The second-order valence-corrected chi connectivity index (χ2v) is 9.69. The lowest BCUT2D eigenvalue weighted by molar-refractivity contribution is -0.122. The number of morpholine rings is 1. The quantitative estimate of drug-likeness (QED) is 0.507. The normalized spacial score (nSPS) is 15.6. The topological polar surface area (TPSA) is 117 Å².